The summed E-state index contributed by atoms with van der Waals surface area (Å²) < 4.78 is 0.877. The zero-order valence-electron chi connectivity index (χ0n) is 12.4. The maximum absolute atomic E-state index is 12.6. The Hall–Kier alpha value is -1.36. The van der Waals surface area contributed by atoms with Crippen LogP contribution in [0.5, 0.6) is 0 Å². The molecule has 21 heavy (non-hydrogen) atoms. The summed E-state index contributed by atoms with van der Waals surface area (Å²) in [4.78, 5) is 25.8. The van der Waals surface area contributed by atoms with Crippen molar-refractivity contribution in [2.24, 2.45) is 5.41 Å². The van der Waals surface area contributed by atoms with Crippen LogP contribution in [-0.2, 0) is 4.79 Å². The van der Waals surface area contributed by atoms with Crippen LogP contribution in [0.15, 0.2) is 22.7 Å². The van der Waals surface area contributed by atoms with Crippen LogP contribution in [0, 0.1) is 12.3 Å². The highest BCUT2D eigenvalue weighted by atomic mass is 79.9. The molecule has 0 atom stereocenters. The molecule has 0 spiro atoms. The molecule has 0 saturated carbocycles. The van der Waals surface area contributed by atoms with Gasteiger partial charge in [0.2, 0.25) is 0 Å². The first-order valence-electron chi connectivity index (χ1n) is 7.18. The Kier molecular flexibility index (Phi) is 4.71. The molecule has 0 radical (unpaired) electrons. The second-order valence-electron chi connectivity index (χ2n) is 5.69. The van der Waals surface area contributed by atoms with E-state index in [4.69, 9.17) is 0 Å². The number of amides is 1. The number of halogens is 1. The molecule has 1 aromatic carbocycles. The lowest BCUT2D eigenvalue weighted by Gasteiger charge is -2.38. The summed E-state index contributed by atoms with van der Waals surface area (Å²) >= 11 is 3.39. The van der Waals surface area contributed by atoms with Gasteiger partial charge in [-0.3, -0.25) is 9.59 Å². The Morgan fingerprint density at radius 1 is 1.33 bits per heavy atom. The number of rotatable bonds is 3. The molecule has 1 aromatic rings. The van der Waals surface area contributed by atoms with Gasteiger partial charge in [0, 0.05) is 23.1 Å². The standard InChI is InChI=1S/C16H20BrNO3/c1-3-16(15(20)21)6-8-18(9-7-16)14(19)13-10-12(17)5-4-11(13)2/h4-5,10H,3,6-9H2,1-2H3,(H,20,21). The van der Waals surface area contributed by atoms with E-state index in [1.807, 2.05) is 32.0 Å². The molecular weight excluding hydrogens is 334 g/mol. The highest BCUT2D eigenvalue weighted by Crippen LogP contribution is 2.35. The summed E-state index contributed by atoms with van der Waals surface area (Å²) in [5.41, 5.74) is 0.959. The Balaban J connectivity index is 2.13. The first-order chi connectivity index (χ1) is 9.89. The number of aryl methyl sites for hydroxylation is 1. The van der Waals surface area contributed by atoms with Gasteiger partial charge in [0.1, 0.15) is 0 Å². The summed E-state index contributed by atoms with van der Waals surface area (Å²) in [5, 5.41) is 9.40. The number of carboxylic acids is 1. The summed E-state index contributed by atoms with van der Waals surface area (Å²) in [5.74, 6) is -0.750. The number of aliphatic carboxylic acids is 1. The third-order valence-electron chi connectivity index (χ3n) is 4.57. The van der Waals surface area contributed by atoms with Crippen molar-refractivity contribution in [1.82, 2.24) is 4.90 Å². The molecule has 1 aliphatic heterocycles. The lowest BCUT2D eigenvalue weighted by molar-refractivity contribution is -0.152. The molecule has 5 heteroatoms. The van der Waals surface area contributed by atoms with E-state index >= 15 is 0 Å². The van der Waals surface area contributed by atoms with Crippen molar-refractivity contribution < 1.29 is 14.7 Å². The molecule has 0 aromatic heterocycles. The number of piperidine rings is 1. The quantitative estimate of drug-likeness (QED) is 0.904. The number of nitrogens with zero attached hydrogens (tertiary/aromatic N) is 1. The molecule has 0 bridgehead atoms. The number of carbonyl (C=O) groups is 2. The number of carbonyl (C=O) groups excluding carboxylic acids is 1. The van der Waals surface area contributed by atoms with Crippen molar-refractivity contribution in [2.75, 3.05) is 13.1 Å². The molecule has 1 N–H and O–H groups in total. The maximum atomic E-state index is 12.6. The SMILES string of the molecule is CCC1(C(=O)O)CCN(C(=O)c2cc(Br)ccc2C)CC1. The van der Waals surface area contributed by atoms with Crippen molar-refractivity contribution >= 4 is 27.8 Å². The predicted octanol–water partition coefficient (Wildman–Crippen LogP) is 3.47. The van der Waals surface area contributed by atoms with Crippen LogP contribution in [-0.4, -0.2) is 35.0 Å². The van der Waals surface area contributed by atoms with Crippen LogP contribution in [0.1, 0.15) is 42.1 Å². The van der Waals surface area contributed by atoms with Crippen molar-refractivity contribution in [1.29, 1.82) is 0 Å². The van der Waals surface area contributed by atoms with Crippen LogP contribution >= 0.6 is 15.9 Å². The lowest BCUT2D eigenvalue weighted by atomic mass is 9.76. The van der Waals surface area contributed by atoms with Crippen LogP contribution in [0.4, 0.5) is 0 Å². The topological polar surface area (TPSA) is 57.6 Å². The van der Waals surface area contributed by atoms with E-state index in [0.29, 0.717) is 37.9 Å². The monoisotopic (exact) mass is 353 g/mol. The summed E-state index contributed by atoms with van der Waals surface area (Å²) in [6.07, 6.45) is 1.66. The third-order valence-corrected chi connectivity index (χ3v) is 5.06. The summed E-state index contributed by atoms with van der Waals surface area (Å²) in [6, 6.07) is 5.65. The number of likely N-dealkylation sites (tertiary alicyclic amines) is 1. The number of hydrogen-bond acceptors (Lipinski definition) is 2. The van der Waals surface area contributed by atoms with E-state index in [1.54, 1.807) is 4.90 Å². The maximum Gasteiger partial charge on any atom is 0.309 e. The van der Waals surface area contributed by atoms with Crippen molar-refractivity contribution in [2.45, 2.75) is 33.1 Å². The van der Waals surface area contributed by atoms with Crippen molar-refractivity contribution in [3.63, 3.8) is 0 Å². The fourth-order valence-electron chi connectivity index (χ4n) is 2.85. The zero-order chi connectivity index (χ0) is 15.6. The number of benzene rings is 1. The van der Waals surface area contributed by atoms with E-state index in [9.17, 15) is 14.7 Å². The molecule has 2 rings (SSSR count). The van der Waals surface area contributed by atoms with Gasteiger partial charge in [0.25, 0.3) is 5.91 Å². The van der Waals surface area contributed by atoms with Gasteiger partial charge in [0.15, 0.2) is 0 Å². The second kappa shape index (κ2) is 6.18. The van der Waals surface area contributed by atoms with Crippen molar-refractivity contribution in [3.8, 4) is 0 Å². The first kappa shape index (κ1) is 16.0. The minimum absolute atomic E-state index is 0.0103. The Morgan fingerprint density at radius 2 is 1.95 bits per heavy atom. The fraction of sp³-hybridized carbons (Fsp3) is 0.500. The average Bonchev–Trinajstić information content (AvgIpc) is 2.49. The highest BCUT2D eigenvalue weighted by Gasteiger charge is 2.40. The molecule has 1 amide bonds. The van der Waals surface area contributed by atoms with Gasteiger partial charge < -0.3 is 10.0 Å². The minimum Gasteiger partial charge on any atom is -0.481 e. The third kappa shape index (κ3) is 3.12. The van der Waals surface area contributed by atoms with E-state index in [0.717, 1.165) is 10.0 Å². The van der Waals surface area contributed by atoms with Gasteiger partial charge in [-0.25, -0.2) is 0 Å². The zero-order valence-corrected chi connectivity index (χ0v) is 13.9. The van der Waals surface area contributed by atoms with Crippen LogP contribution in [0.3, 0.4) is 0 Å². The van der Waals surface area contributed by atoms with Crippen LogP contribution < -0.4 is 0 Å². The largest absolute Gasteiger partial charge is 0.481 e. The van der Waals surface area contributed by atoms with Gasteiger partial charge in [-0.15, -0.1) is 0 Å². The van der Waals surface area contributed by atoms with Gasteiger partial charge in [-0.2, -0.15) is 0 Å². The first-order valence-corrected chi connectivity index (χ1v) is 7.98. The van der Waals surface area contributed by atoms with E-state index in [-0.39, 0.29) is 5.91 Å². The second-order valence-corrected chi connectivity index (χ2v) is 6.61. The van der Waals surface area contributed by atoms with Crippen LogP contribution in [0.25, 0.3) is 0 Å². The molecule has 4 nitrogen and oxygen atoms in total. The molecular formula is C16H20BrNO3. The van der Waals surface area contributed by atoms with E-state index in [2.05, 4.69) is 15.9 Å². The molecule has 1 heterocycles. The van der Waals surface area contributed by atoms with E-state index in [1.165, 1.54) is 0 Å². The summed E-state index contributed by atoms with van der Waals surface area (Å²) in [7, 11) is 0. The molecule has 1 saturated heterocycles. The minimum atomic E-state index is -0.740. The Morgan fingerprint density at radius 3 is 2.48 bits per heavy atom. The molecule has 114 valence electrons. The van der Waals surface area contributed by atoms with E-state index < -0.39 is 11.4 Å². The number of carboxylic acid groups (broad SMARTS) is 1. The fourth-order valence-corrected chi connectivity index (χ4v) is 3.21. The summed E-state index contributed by atoms with van der Waals surface area (Å²) in [6.45, 7) is 4.83. The predicted molar refractivity (Wildman–Crippen MR) is 84.4 cm³/mol. The Labute approximate surface area is 133 Å². The average molecular weight is 354 g/mol. The van der Waals surface area contributed by atoms with Gasteiger partial charge in [0.05, 0.1) is 5.41 Å². The lowest BCUT2D eigenvalue weighted by Crippen LogP contribution is -2.46. The van der Waals surface area contributed by atoms with Crippen molar-refractivity contribution in [3.05, 3.63) is 33.8 Å². The normalized spacial score (nSPS) is 17.6. The molecule has 0 aliphatic carbocycles. The highest BCUT2D eigenvalue weighted by molar-refractivity contribution is 9.10. The number of hydrogen-bond donors (Lipinski definition) is 1. The van der Waals surface area contributed by atoms with Gasteiger partial charge in [-0.1, -0.05) is 28.9 Å². The molecule has 1 aliphatic rings. The molecule has 0 unspecified atom stereocenters. The van der Waals surface area contributed by atoms with Gasteiger partial charge in [-0.05, 0) is 43.9 Å². The smallest absolute Gasteiger partial charge is 0.309 e. The van der Waals surface area contributed by atoms with Gasteiger partial charge >= 0.3 is 5.97 Å². The molecule has 1 fully saturated rings. The Bertz CT molecular complexity index is 563. The van der Waals surface area contributed by atoms with Crippen LogP contribution in [0.2, 0.25) is 0 Å².